The van der Waals surface area contributed by atoms with E-state index in [1.54, 1.807) is 20.0 Å². The number of amides is 1. The number of aryl methyl sites for hydroxylation is 2. The van der Waals surface area contributed by atoms with Gasteiger partial charge >= 0.3 is 6.18 Å². The second-order valence-corrected chi connectivity index (χ2v) is 8.98. The molecule has 0 N–H and O–H groups in total. The van der Waals surface area contributed by atoms with Crippen LogP contribution in [0.5, 0.6) is 0 Å². The van der Waals surface area contributed by atoms with Crippen LogP contribution >= 0.6 is 11.6 Å². The molecule has 1 amide bonds. The Morgan fingerprint density at radius 2 is 1.76 bits per heavy atom. The lowest BCUT2D eigenvalue weighted by molar-refractivity contribution is -0.137. The lowest BCUT2D eigenvalue weighted by Gasteiger charge is -2.34. The average Bonchev–Trinajstić information content (AvgIpc) is 2.98. The van der Waals surface area contributed by atoms with Crippen molar-refractivity contribution in [2.24, 2.45) is 7.05 Å². The smallest absolute Gasteiger partial charge is 0.335 e. The number of alkyl halides is 3. The molecule has 7 nitrogen and oxygen atoms in total. The first kappa shape index (κ1) is 21.6. The molecule has 0 radical (unpaired) electrons. The minimum Gasteiger partial charge on any atom is -0.335 e. The van der Waals surface area contributed by atoms with Gasteiger partial charge in [-0.15, -0.1) is 0 Å². The number of hydrogen-bond acceptors (Lipinski definition) is 4. The van der Waals surface area contributed by atoms with Crippen molar-refractivity contribution in [3.63, 3.8) is 0 Å². The maximum atomic E-state index is 13.1. The first-order chi connectivity index (χ1) is 13.4. The summed E-state index contributed by atoms with van der Waals surface area (Å²) in [5.74, 6) is -0.281. The maximum absolute atomic E-state index is 13.1. The van der Waals surface area contributed by atoms with Crippen molar-refractivity contribution in [2.45, 2.75) is 18.0 Å². The molecule has 2 heterocycles. The van der Waals surface area contributed by atoms with Crippen LogP contribution in [0.15, 0.2) is 29.2 Å². The summed E-state index contributed by atoms with van der Waals surface area (Å²) >= 11 is 5.56. The third-order valence-corrected chi connectivity index (χ3v) is 6.85. The van der Waals surface area contributed by atoms with Crippen molar-refractivity contribution in [2.75, 3.05) is 26.2 Å². The van der Waals surface area contributed by atoms with E-state index in [0.717, 1.165) is 16.4 Å². The molecule has 0 aliphatic carbocycles. The van der Waals surface area contributed by atoms with Crippen LogP contribution in [0.2, 0.25) is 5.02 Å². The normalized spacial score (nSPS) is 16.3. The first-order valence-corrected chi connectivity index (χ1v) is 10.4. The Balaban J connectivity index is 1.77. The summed E-state index contributed by atoms with van der Waals surface area (Å²) in [6.45, 7) is 1.91. The molecule has 1 fully saturated rings. The molecule has 12 heteroatoms. The third-order valence-electron chi connectivity index (χ3n) is 4.63. The Labute approximate surface area is 170 Å². The molecular formula is C17H18ClF3N4O3S. The van der Waals surface area contributed by atoms with Gasteiger partial charge in [0.05, 0.1) is 21.2 Å². The Bertz CT molecular complexity index is 1040. The molecule has 1 saturated heterocycles. The second kappa shape index (κ2) is 7.62. The van der Waals surface area contributed by atoms with Crippen molar-refractivity contribution in [1.29, 1.82) is 0 Å². The third kappa shape index (κ3) is 4.26. The number of hydrogen-bond donors (Lipinski definition) is 0. The number of halogens is 4. The minimum atomic E-state index is -4.77. The first-order valence-electron chi connectivity index (χ1n) is 8.58. The van der Waals surface area contributed by atoms with Crippen LogP contribution in [-0.4, -0.2) is 59.5 Å². The molecule has 1 aromatic heterocycles. The van der Waals surface area contributed by atoms with Crippen molar-refractivity contribution in [3.8, 4) is 0 Å². The predicted molar refractivity (Wildman–Crippen MR) is 99.1 cm³/mol. The monoisotopic (exact) mass is 450 g/mol. The lowest BCUT2D eigenvalue weighted by Crippen LogP contribution is -2.50. The van der Waals surface area contributed by atoms with Gasteiger partial charge in [-0.3, -0.25) is 9.48 Å². The Morgan fingerprint density at radius 1 is 1.14 bits per heavy atom. The highest BCUT2D eigenvalue weighted by molar-refractivity contribution is 7.89. The van der Waals surface area contributed by atoms with Gasteiger partial charge in [0.2, 0.25) is 10.0 Å². The molecule has 0 atom stereocenters. The number of benzene rings is 1. The van der Waals surface area contributed by atoms with Crippen LogP contribution in [0.4, 0.5) is 13.2 Å². The average molecular weight is 451 g/mol. The molecular weight excluding hydrogens is 433 g/mol. The zero-order chi connectivity index (χ0) is 21.6. The van der Waals surface area contributed by atoms with E-state index in [-0.39, 0.29) is 32.1 Å². The topological polar surface area (TPSA) is 75.5 Å². The van der Waals surface area contributed by atoms with Gasteiger partial charge in [0.1, 0.15) is 5.69 Å². The quantitative estimate of drug-likeness (QED) is 0.720. The molecule has 29 heavy (non-hydrogen) atoms. The van der Waals surface area contributed by atoms with Gasteiger partial charge in [-0.05, 0) is 31.2 Å². The van der Waals surface area contributed by atoms with E-state index in [9.17, 15) is 26.4 Å². The molecule has 0 bridgehead atoms. The van der Waals surface area contributed by atoms with Crippen LogP contribution in [0, 0.1) is 6.92 Å². The molecule has 1 aliphatic rings. The largest absolute Gasteiger partial charge is 0.417 e. The molecule has 158 valence electrons. The van der Waals surface area contributed by atoms with E-state index in [1.807, 2.05) is 0 Å². The van der Waals surface area contributed by atoms with Gasteiger partial charge in [-0.1, -0.05) is 11.6 Å². The molecule has 1 aliphatic heterocycles. The summed E-state index contributed by atoms with van der Waals surface area (Å²) in [6.07, 6.45) is -4.77. The van der Waals surface area contributed by atoms with Crippen LogP contribution < -0.4 is 0 Å². The number of rotatable bonds is 3. The van der Waals surface area contributed by atoms with Crippen LogP contribution in [-0.2, 0) is 23.2 Å². The summed E-state index contributed by atoms with van der Waals surface area (Å²) in [7, 11) is -2.52. The lowest BCUT2D eigenvalue weighted by atomic mass is 10.2. The number of carbonyl (C=O) groups excluding carboxylic acids is 1. The minimum absolute atomic E-state index is 0.0329. The fourth-order valence-corrected chi connectivity index (χ4v) is 4.81. The fraction of sp³-hybridized carbons (Fsp3) is 0.412. The molecule has 0 unspecified atom stereocenters. The van der Waals surface area contributed by atoms with Crippen molar-refractivity contribution in [1.82, 2.24) is 19.0 Å². The van der Waals surface area contributed by atoms with Gasteiger partial charge in [0.15, 0.2) is 0 Å². The van der Waals surface area contributed by atoms with Crippen LogP contribution in [0.25, 0.3) is 0 Å². The Hall–Kier alpha value is -2.11. The Kier molecular flexibility index (Phi) is 5.67. The van der Waals surface area contributed by atoms with Crippen molar-refractivity contribution in [3.05, 3.63) is 46.2 Å². The van der Waals surface area contributed by atoms with E-state index in [0.29, 0.717) is 17.5 Å². The van der Waals surface area contributed by atoms with Crippen molar-refractivity contribution < 1.29 is 26.4 Å². The fourth-order valence-electron chi connectivity index (χ4n) is 3.14. The van der Waals surface area contributed by atoms with Gasteiger partial charge in [0, 0.05) is 33.2 Å². The standard InChI is InChI=1S/C17H18ClF3N4O3S/c1-11-9-15(23(2)22-11)16(26)24-5-7-25(8-6-24)29(27,28)12-3-4-14(18)13(10-12)17(19,20)21/h3-4,9-10H,5-8H2,1-2H3. The maximum Gasteiger partial charge on any atom is 0.417 e. The van der Waals surface area contributed by atoms with Crippen molar-refractivity contribution >= 4 is 27.5 Å². The predicted octanol–water partition coefficient (Wildman–Crippen LogP) is 2.55. The highest BCUT2D eigenvalue weighted by Crippen LogP contribution is 2.36. The number of piperazine rings is 1. The van der Waals surface area contributed by atoms with E-state index in [1.165, 1.54) is 9.58 Å². The highest BCUT2D eigenvalue weighted by Gasteiger charge is 2.36. The molecule has 3 rings (SSSR count). The van der Waals surface area contributed by atoms with Gasteiger partial charge < -0.3 is 4.90 Å². The van der Waals surface area contributed by atoms with E-state index < -0.39 is 31.7 Å². The summed E-state index contributed by atoms with van der Waals surface area (Å²) in [5.41, 5.74) is -0.146. The molecule has 0 saturated carbocycles. The summed E-state index contributed by atoms with van der Waals surface area (Å²) in [4.78, 5) is 13.6. The number of carbonyl (C=O) groups is 1. The van der Waals surface area contributed by atoms with Gasteiger partial charge in [-0.2, -0.15) is 22.6 Å². The number of aromatic nitrogens is 2. The van der Waals surface area contributed by atoms with Gasteiger partial charge in [-0.25, -0.2) is 8.42 Å². The highest BCUT2D eigenvalue weighted by atomic mass is 35.5. The summed E-state index contributed by atoms with van der Waals surface area (Å²) in [5, 5.41) is 3.55. The number of sulfonamides is 1. The summed E-state index contributed by atoms with van der Waals surface area (Å²) < 4.78 is 67.2. The van der Waals surface area contributed by atoms with Crippen LogP contribution in [0.3, 0.4) is 0 Å². The number of nitrogens with zero attached hydrogens (tertiary/aromatic N) is 4. The van der Waals surface area contributed by atoms with Crippen LogP contribution in [0.1, 0.15) is 21.7 Å². The summed E-state index contributed by atoms with van der Waals surface area (Å²) in [6, 6.07) is 4.13. The zero-order valence-corrected chi connectivity index (χ0v) is 17.1. The zero-order valence-electron chi connectivity index (χ0n) is 15.6. The second-order valence-electron chi connectivity index (χ2n) is 6.63. The van der Waals surface area contributed by atoms with E-state index >= 15 is 0 Å². The molecule has 2 aromatic rings. The SMILES string of the molecule is Cc1cc(C(=O)N2CCN(S(=O)(=O)c3ccc(Cl)c(C(F)(F)F)c3)CC2)n(C)n1. The molecule has 1 aromatic carbocycles. The van der Waals surface area contributed by atoms with E-state index in [4.69, 9.17) is 11.6 Å². The van der Waals surface area contributed by atoms with Gasteiger partial charge in [0.25, 0.3) is 5.91 Å². The Morgan fingerprint density at radius 3 is 2.28 bits per heavy atom. The van der Waals surface area contributed by atoms with E-state index in [2.05, 4.69) is 5.10 Å². The molecule has 0 spiro atoms.